The van der Waals surface area contributed by atoms with Gasteiger partial charge in [-0.3, -0.25) is 0 Å². The monoisotopic (exact) mass is 191 g/mol. The molecule has 0 aromatic carbocycles. The van der Waals surface area contributed by atoms with Gasteiger partial charge in [0.1, 0.15) is 0 Å². The van der Waals surface area contributed by atoms with Crippen LogP contribution in [0.15, 0.2) is 0 Å². The van der Waals surface area contributed by atoms with Crippen LogP contribution >= 0.6 is 0 Å². The second-order valence-electron chi connectivity index (χ2n) is 3.26. The smallest absolute Gasteiger partial charge is 0.334 e. The molecule has 0 rings (SSSR count). The molecule has 2 N–H and O–H groups in total. The first-order valence-electron chi connectivity index (χ1n) is 4.42. The highest BCUT2D eigenvalue weighted by Crippen LogP contribution is 2.19. The minimum absolute atomic E-state index is 0.543. The Bertz CT molecular complexity index is 114. The molecule has 0 radical (unpaired) electrons. The summed E-state index contributed by atoms with van der Waals surface area (Å²) in [5, 5.41) is 0. The quantitative estimate of drug-likeness (QED) is 0.644. The number of rotatable bonds is 6. The van der Waals surface area contributed by atoms with Gasteiger partial charge in [-0.1, -0.05) is 13.3 Å². The van der Waals surface area contributed by atoms with E-state index in [4.69, 9.17) is 14.6 Å². The lowest BCUT2D eigenvalue weighted by atomic mass is 10.1. The lowest BCUT2D eigenvalue weighted by molar-refractivity contribution is 0.241. The fourth-order valence-corrected chi connectivity index (χ4v) is 3.17. The van der Waals surface area contributed by atoms with Gasteiger partial charge in [-0.05, 0) is 25.1 Å². The molecule has 0 bridgehead atoms. The first-order chi connectivity index (χ1) is 5.61. The second kappa shape index (κ2) is 5.69. The third-order valence-corrected chi connectivity index (χ3v) is 5.48. The van der Waals surface area contributed by atoms with E-state index in [-0.39, 0.29) is 0 Å². The van der Waals surface area contributed by atoms with E-state index in [0.717, 1.165) is 19.0 Å². The molecular weight excluding hydrogens is 170 g/mol. The predicted molar refractivity (Wildman–Crippen MR) is 53.3 cm³/mol. The Morgan fingerprint density at radius 1 is 1.33 bits per heavy atom. The Kier molecular flexibility index (Phi) is 5.74. The van der Waals surface area contributed by atoms with E-state index in [2.05, 4.69) is 13.5 Å². The molecule has 0 aromatic heterocycles. The SMILES string of the molecule is CCC(CN)C[Si](C)(OC)OC. The molecule has 0 amide bonds. The Labute approximate surface area is 76.5 Å². The van der Waals surface area contributed by atoms with Crippen LogP contribution in [0.3, 0.4) is 0 Å². The van der Waals surface area contributed by atoms with Gasteiger partial charge < -0.3 is 14.6 Å². The van der Waals surface area contributed by atoms with Crippen molar-refractivity contribution in [2.45, 2.75) is 25.9 Å². The maximum Gasteiger partial charge on any atom is 0.334 e. The van der Waals surface area contributed by atoms with Gasteiger partial charge in [0.25, 0.3) is 0 Å². The van der Waals surface area contributed by atoms with Crippen LogP contribution in [0.2, 0.25) is 12.6 Å². The van der Waals surface area contributed by atoms with Gasteiger partial charge in [0.05, 0.1) is 0 Å². The summed E-state index contributed by atoms with van der Waals surface area (Å²) in [7, 11) is 1.56. The summed E-state index contributed by atoms with van der Waals surface area (Å²) in [5.41, 5.74) is 5.61. The van der Waals surface area contributed by atoms with Crippen molar-refractivity contribution in [3.05, 3.63) is 0 Å². The third-order valence-electron chi connectivity index (χ3n) is 2.43. The van der Waals surface area contributed by atoms with E-state index in [1.165, 1.54) is 0 Å². The van der Waals surface area contributed by atoms with Gasteiger partial charge in [-0.15, -0.1) is 0 Å². The largest absolute Gasteiger partial charge is 0.398 e. The summed E-state index contributed by atoms with van der Waals surface area (Å²) >= 11 is 0. The minimum atomic E-state index is -1.88. The Hall–Kier alpha value is 0.0969. The standard InChI is InChI=1S/C8H21NO2Si/c1-5-8(6-9)7-12(4,10-2)11-3/h8H,5-7,9H2,1-4H3. The third kappa shape index (κ3) is 3.67. The molecule has 0 fully saturated rings. The van der Waals surface area contributed by atoms with Crippen molar-refractivity contribution in [2.75, 3.05) is 20.8 Å². The van der Waals surface area contributed by atoms with Crippen LogP contribution in [0.25, 0.3) is 0 Å². The zero-order valence-electron chi connectivity index (χ0n) is 8.59. The number of hydrogen-bond acceptors (Lipinski definition) is 3. The molecule has 0 spiro atoms. The van der Waals surface area contributed by atoms with Gasteiger partial charge in [-0.25, -0.2) is 0 Å². The maximum absolute atomic E-state index is 5.61. The molecule has 1 unspecified atom stereocenters. The Morgan fingerprint density at radius 2 is 1.83 bits per heavy atom. The Balaban J connectivity index is 3.99. The topological polar surface area (TPSA) is 44.5 Å². The van der Waals surface area contributed by atoms with Crippen molar-refractivity contribution in [3.8, 4) is 0 Å². The van der Waals surface area contributed by atoms with Crippen LogP contribution in [0.5, 0.6) is 0 Å². The second-order valence-corrected chi connectivity index (χ2v) is 6.75. The summed E-state index contributed by atoms with van der Waals surface area (Å²) in [5.74, 6) is 0.543. The summed E-state index contributed by atoms with van der Waals surface area (Å²) in [6.07, 6.45) is 1.10. The molecule has 0 heterocycles. The van der Waals surface area contributed by atoms with Gasteiger partial charge in [0.15, 0.2) is 0 Å². The van der Waals surface area contributed by atoms with Crippen molar-refractivity contribution >= 4 is 8.56 Å². The van der Waals surface area contributed by atoms with Crippen molar-refractivity contribution in [2.24, 2.45) is 11.7 Å². The van der Waals surface area contributed by atoms with Gasteiger partial charge >= 0.3 is 8.56 Å². The molecule has 0 saturated heterocycles. The van der Waals surface area contributed by atoms with Crippen LogP contribution in [0.4, 0.5) is 0 Å². The minimum Gasteiger partial charge on any atom is -0.398 e. The highest BCUT2D eigenvalue weighted by Gasteiger charge is 2.31. The van der Waals surface area contributed by atoms with Crippen molar-refractivity contribution in [1.82, 2.24) is 0 Å². The highest BCUT2D eigenvalue weighted by molar-refractivity contribution is 6.66. The van der Waals surface area contributed by atoms with Crippen LogP contribution < -0.4 is 5.73 Å². The molecule has 3 nitrogen and oxygen atoms in total. The van der Waals surface area contributed by atoms with Crippen molar-refractivity contribution in [1.29, 1.82) is 0 Å². The van der Waals surface area contributed by atoms with Crippen molar-refractivity contribution < 1.29 is 8.85 Å². The predicted octanol–water partition coefficient (Wildman–Crippen LogP) is 1.34. The lowest BCUT2D eigenvalue weighted by Gasteiger charge is -2.26. The molecule has 1 atom stereocenters. The molecule has 0 aromatic rings. The summed E-state index contributed by atoms with van der Waals surface area (Å²) < 4.78 is 10.8. The zero-order chi connectivity index (χ0) is 9.61. The van der Waals surface area contributed by atoms with Crippen LogP contribution in [0.1, 0.15) is 13.3 Å². The highest BCUT2D eigenvalue weighted by atomic mass is 28.4. The van der Waals surface area contributed by atoms with E-state index in [1.807, 2.05) is 0 Å². The summed E-state index contributed by atoms with van der Waals surface area (Å²) in [4.78, 5) is 0. The number of hydrogen-bond donors (Lipinski definition) is 1. The van der Waals surface area contributed by atoms with Crippen LogP contribution in [-0.4, -0.2) is 29.3 Å². The summed E-state index contributed by atoms with van der Waals surface area (Å²) in [6, 6.07) is 0.993. The fourth-order valence-electron chi connectivity index (χ4n) is 1.17. The van der Waals surface area contributed by atoms with E-state index in [9.17, 15) is 0 Å². The molecule has 74 valence electrons. The Morgan fingerprint density at radius 3 is 2.08 bits per heavy atom. The zero-order valence-corrected chi connectivity index (χ0v) is 9.59. The molecule has 0 saturated carbocycles. The van der Waals surface area contributed by atoms with Gasteiger partial charge in [-0.2, -0.15) is 0 Å². The molecule has 0 aliphatic carbocycles. The van der Waals surface area contributed by atoms with Gasteiger partial charge in [0.2, 0.25) is 0 Å². The van der Waals surface area contributed by atoms with Crippen molar-refractivity contribution in [3.63, 3.8) is 0 Å². The van der Waals surface area contributed by atoms with Crippen LogP contribution in [0, 0.1) is 5.92 Å². The maximum atomic E-state index is 5.61. The van der Waals surface area contributed by atoms with E-state index < -0.39 is 8.56 Å². The first-order valence-corrected chi connectivity index (χ1v) is 6.94. The van der Waals surface area contributed by atoms with Crippen LogP contribution in [-0.2, 0) is 8.85 Å². The average molecular weight is 191 g/mol. The molecular formula is C8H21NO2Si. The van der Waals surface area contributed by atoms with Gasteiger partial charge in [0, 0.05) is 14.2 Å². The molecule has 0 aliphatic heterocycles. The lowest BCUT2D eigenvalue weighted by Crippen LogP contribution is -2.39. The first kappa shape index (κ1) is 12.1. The molecule has 4 heteroatoms. The normalized spacial score (nSPS) is 14.8. The number of nitrogens with two attached hydrogens (primary N) is 1. The van der Waals surface area contributed by atoms with E-state index >= 15 is 0 Å². The molecule has 12 heavy (non-hydrogen) atoms. The average Bonchev–Trinajstić information content (AvgIpc) is 2.14. The fraction of sp³-hybridized carbons (Fsp3) is 1.00. The van der Waals surface area contributed by atoms with E-state index in [0.29, 0.717) is 5.92 Å². The summed E-state index contributed by atoms with van der Waals surface area (Å²) in [6.45, 7) is 4.95. The molecule has 0 aliphatic rings. The van der Waals surface area contributed by atoms with E-state index in [1.54, 1.807) is 14.2 Å².